The molecule has 2 rings (SSSR count). The van der Waals surface area contributed by atoms with Crippen molar-refractivity contribution in [3.63, 3.8) is 0 Å². The number of rotatable bonds is 1. The standard InChI is InChI=1S/C8H13NO2/c1-11-8(10)6-2-5-3-7(6)9-4-5/h5-7,9H,2-4H2,1H3/t5-,6-,7-/m0/s1. The van der Waals surface area contributed by atoms with Gasteiger partial charge in [-0.05, 0) is 25.3 Å². The minimum Gasteiger partial charge on any atom is -0.469 e. The molecule has 2 bridgehead atoms. The SMILES string of the molecule is COC(=O)[C@H]1C[C@@H]2CN[C@H]1C2. The van der Waals surface area contributed by atoms with Crippen molar-refractivity contribution in [1.29, 1.82) is 0 Å². The molecule has 1 saturated heterocycles. The zero-order chi connectivity index (χ0) is 7.84. The molecule has 3 nitrogen and oxygen atoms in total. The van der Waals surface area contributed by atoms with E-state index in [-0.39, 0.29) is 11.9 Å². The highest BCUT2D eigenvalue weighted by Crippen LogP contribution is 2.36. The number of hydrogen-bond donors (Lipinski definition) is 1. The lowest BCUT2D eigenvalue weighted by Gasteiger charge is -2.19. The third-order valence-corrected chi connectivity index (χ3v) is 2.83. The molecular weight excluding hydrogens is 142 g/mol. The normalized spacial score (nSPS) is 41.0. The molecule has 11 heavy (non-hydrogen) atoms. The molecule has 0 amide bonds. The summed E-state index contributed by atoms with van der Waals surface area (Å²) in [6.07, 6.45) is 2.20. The van der Waals surface area contributed by atoms with Gasteiger partial charge in [0.05, 0.1) is 13.0 Å². The van der Waals surface area contributed by atoms with Gasteiger partial charge in [-0.15, -0.1) is 0 Å². The Kier molecular flexibility index (Phi) is 1.60. The Balaban J connectivity index is 2.02. The monoisotopic (exact) mass is 155 g/mol. The molecule has 62 valence electrons. The smallest absolute Gasteiger partial charge is 0.310 e. The molecule has 3 atom stereocenters. The number of hydrogen-bond acceptors (Lipinski definition) is 3. The van der Waals surface area contributed by atoms with E-state index in [1.165, 1.54) is 13.5 Å². The molecule has 0 spiro atoms. The summed E-state index contributed by atoms with van der Waals surface area (Å²) in [6, 6.07) is 0.410. The molecule has 2 fully saturated rings. The van der Waals surface area contributed by atoms with Crippen LogP contribution in [0.5, 0.6) is 0 Å². The first-order chi connectivity index (χ1) is 5.31. The van der Waals surface area contributed by atoms with Crippen LogP contribution >= 0.6 is 0 Å². The first-order valence-corrected chi connectivity index (χ1v) is 4.12. The lowest BCUT2D eigenvalue weighted by molar-refractivity contribution is -0.146. The number of esters is 1. The summed E-state index contributed by atoms with van der Waals surface area (Å²) in [5.74, 6) is 0.826. The van der Waals surface area contributed by atoms with Crippen molar-refractivity contribution in [3.05, 3.63) is 0 Å². The van der Waals surface area contributed by atoms with Crippen LogP contribution in [0.1, 0.15) is 12.8 Å². The van der Waals surface area contributed by atoms with Crippen LogP contribution in [0.4, 0.5) is 0 Å². The van der Waals surface area contributed by atoms with Gasteiger partial charge in [-0.25, -0.2) is 0 Å². The highest BCUT2D eigenvalue weighted by molar-refractivity contribution is 5.73. The molecule has 2 aliphatic rings. The molecule has 1 aliphatic carbocycles. The van der Waals surface area contributed by atoms with Crippen molar-refractivity contribution in [2.45, 2.75) is 18.9 Å². The van der Waals surface area contributed by atoms with Crippen LogP contribution in [0.3, 0.4) is 0 Å². The summed E-state index contributed by atoms with van der Waals surface area (Å²) in [6.45, 7) is 1.10. The maximum atomic E-state index is 11.1. The van der Waals surface area contributed by atoms with Crippen LogP contribution in [0.25, 0.3) is 0 Å². The minimum absolute atomic E-state index is 0.0373. The second-order valence-corrected chi connectivity index (χ2v) is 3.48. The molecule has 1 heterocycles. The molecule has 3 heteroatoms. The van der Waals surface area contributed by atoms with Crippen molar-refractivity contribution in [2.24, 2.45) is 11.8 Å². The Morgan fingerprint density at radius 3 is 2.82 bits per heavy atom. The Morgan fingerprint density at radius 2 is 2.36 bits per heavy atom. The molecule has 0 aromatic carbocycles. The van der Waals surface area contributed by atoms with E-state index >= 15 is 0 Å². The van der Waals surface area contributed by atoms with Gasteiger partial charge >= 0.3 is 5.97 Å². The predicted octanol–water partition coefficient (Wildman–Crippen LogP) is 0.157. The number of nitrogens with one attached hydrogen (secondary N) is 1. The van der Waals surface area contributed by atoms with E-state index in [0.29, 0.717) is 6.04 Å². The minimum atomic E-state index is -0.0373. The van der Waals surface area contributed by atoms with E-state index in [1.54, 1.807) is 0 Å². The maximum absolute atomic E-state index is 11.1. The Hall–Kier alpha value is -0.570. The zero-order valence-corrected chi connectivity index (χ0v) is 6.67. The van der Waals surface area contributed by atoms with E-state index < -0.39 is 0 Å². The second kappa shape index (κ2) is 2.48. The van der Waals surface area contributed by atoms with Crippen LogP contribution in [-0.2, 0) is 9.53 Å². The van der Waals surface area contributed by atoms with Crippen molar-refractivity contribution in [2.75, 3.05) is 13.7 Å². The summed E-state index contributed by atoms with van der Waals surface area (Å²) >= 11 is 0. The first kappa shape index (κ1) is 7.10. The lowest BCUT2D eigenvalue weighted by atomic mass is 10.0. The lowest BCUT2D eigenvalue weighted by Crippen LogP contribution is -2.37. The summed E-state index contributed by atoms with van der Waals surface area (Å²) < 4.78 is 4.71. The largest absolute Gasteiger partial charge is 0.469 e. The van der Waals surface area contributed by atoms with Crippen molar-refractivity contribution < 1.29 is 9.53 Å². The van der Waals surface area contributed by atoms with E-state index in [0.717, 1.165) is 18.9 Å². The van der Waals surface area contributed by atoms with E-state index in [9.17, 15) is 4.79 Å². The first-order valence-electron chi connectivity index (χ1n) is 4.12. The Bertz CT molecular complexity index is 181. The van der Waals surface area contributed by atoms with Gasteiger partial charge in [0.2, 0.25) is 0 Å². The highest BCUT2D eigenvalue weighted by atomic mass is 16.5. The predicted molar refractivity (Wildman–Crippen MR) is 40.0 cm³/mol. The summed E-state index contributed by atoms with van der Waals surface area (Å²) in [5.41, 5.74) is 0. The quantitative estimate of drug-likeness (QED) is 0.548. The van der Waals surface area contributed by atoms with Gasteiger partial charge < -0.3 is 10.1 Å². The van der Waals surface area contributed by atoms with Crippen LogP contribution in [-0.4, -0.2) is 25.7 Å². The van der Waals surface area contributed by atoms with Crippen molar-refractivity contribution in [1.82, 2.24) is 5.32 Å². The molecule has 1 saturated carbocycles. The van der Waals surface area contributed by atoms with Gasteiger partial charge in [0.25, 0.3) is 0 Å². The highest BCUT2D eigenvalue weighted by Gasteiger charge is 2.43. The Morgan fingerprint density at radius 1 is 1.55 bits per heavy atom. The van der Waals surface area contributed by atoms with Gasteiger partial charge in [-0.3, -0.25) is 4.79 Å². The third kappa shape index (κ3) is 1.03. The maximum Gasteiger partial charge on any atom is 0.310 e. The van der Waals surface area contributed by atoms with Gasteiger partial charge in [-0.1, -0.05) is 0 Å². The van der Waals surface area contributed by atoms with Crippen LogP contribution in [0.2, 0.25) is 0 Å². The molecule has 1 N–H and O–H groups in total. The van der Waals surface area contributed by atoms with Crippen LogP contribution < -0.4 is 5.32 Å². The number of fused-ring (bicyclic) bond motifs is 2. The van der Waals surface area contributed by atoms with E-state index in [2.05, 4.69) is 5.32 Å². The molecular formula is C8H13NO2. The third-order valence-electron chi connectivity index (χ3n) is 2.83. The van der Waals surface area contributed by atoms with Gasteiger partial charge in [-0.2, -0.15) is 0 Å². The summed E-state index contributed by atoms with van der Waals surface area (Å²) in [7, 11) is 1.47. The Labute approximate surface area is 66.1 Å². The van der Waals surface area contributed by atoms with Gasteiger partial charge in [0.1, 0.15) is 0 Å². The zero-order valence-electron chi connectivity index (χ0n) is 6.67. The van der Waals surface area contributed by atoms with E-state index in [1.807, 2.05) is 0 Å². The van der Waals surface area contributed by atoms with Crippen LogP contribution in [0.15, 0.2) is 0 Å². The molecule has 0 unspecified atom stereocenters. The molecule has 0 aromatic rings. The average molecular weight is 155 g/mol. The van der Waals surface area contributed by atoms with Crippen LogP contribution in [0, 0.1) is 11.8 Å². The number of methoxy groups -OCH3 is 1. The number of carbonyl (C=O) groups excluding carboxylic acids is 1. The fourth-order valence-electron chi connectivity index (χ4n) is 2.27. The van der Waals surface area contributed by atoms with Gasteiger partial charge in [0.15, 0.2) is 0 Å². The summed E-state index contributed by atoms with van der Waals surface area (Å²) in [5, 5.41) is 3.32. The summed E-state index contributed by atoms with van der Waals surface area (Å²) in [4.78, 5) is 11.1. The number of piperidine rings is 1. The van der Waals surface area contributed by atoms with Crippen molar-refractivity contribution in [3.8, 4) is 0 Å². The topological polar surface area (TPSA) is 38.3 Å². The molecule has 1 aliphatic heterocycles. The fraction of sp³-hybridized carbons (Fsp3) is 0.875. The average Bonchev–Trinajstić information content (AvgIpc) is 2.62. The molecule has 0 radical (unpaired) electrons. The number of ether oxygens (including phenoxy) is 1. The van der Waals surface area contributed by atoms with Crippen molar-refractivity contribution >= 4 is 5.97 Å². The van der Waals surface area contributed by atoms with Gasteiger partial charge in [0, 0.05) is 6.04 Å². The number of carbonyl (C=O) groups is 1. The second-order valence-electron chi connectivity index (χ2n) is 3.48. The van der Waals surface area contributed by atoms with E-state index in [4.69, 9.17) is 4.74 Å². The fourth-order valence-corrected chi connectivity index (χ4v) is 2.27. The molecule has 0 aromatic heterocycles.